The lowest BCUT2D eigenvalue weighted by Crippen LogP contribution is -2.38. The van der Waals surface area contributed by atoms with Crippen LogP contribution in [0.25, 0.3) is 0 Å². The van der Waals surface area contributed by atoms with E-state index in [2.05, 4.69) is 15.9 Å². The van der Waals surface area contributed by atoms with E-state index >= 15 is 0 Å². The van der Waals surface area contributed by atoms with Gasteiger partial charge in [0.05, 0.1) is 10.0 Å². The molecule has 0 aromatic heterocycles. The Hall–Kier alpha value is 0.0200. The summed E-state index contributed by atoms with van der Waals surface area (Å²) in [5.41, 5.74) is 3.39. The number of nitrogens with one attached hydrogen (secondary N) is 3. The summed E-state index contributed by atoms with van der Waals surface area (Å²) >= 11 is 21.9. The first-order valence-corrected chi connectivity index (χ1v) is 8.71. The van der Waals surface area contributed by atoms with Crippen molar-refractivity contribution in [2.75, 3.05) is 19.5 Å². The standard InChI is InChI=1S/C9H12Cl2N3O2PS2/c1-15-17(19,16-2)14-13-9(18)12-6-3-4-7(10)8(11)5-6/h3-5H,1-2H3,(H,14,19)(H2,12,13,18). The van der Waals surface area contributed by atoms with Gasteiger partial charge in [-0.3, -0.25) is 5.43 Å². The minimum Gasteiger partial charge on any atom is -0.332 e. The van der Waals surface area contributed by atoms with Gasteiger partial charge in [-0.05, 0) is 42.2 Å². The topological polar surface area (TPSA) is 54.5 Å². The highest BCUT2D eigenvalue weighted by Gasteiger charge is 2.14. The Kier molecular flexibility index (Phi) is 6.93. The number of benzene rings is 1. The minimum absolute atomic E-state index is 0.293. The Labute approximate surface area is 132 Å². The molecule has 0 saturated carbocycles. The number of hydrazine groups is 1. The lowest BCUT2D eigenvalue weighted by Gasteiger charge is -2.20. The van der Waals surface area contributed by atoms with Gasteiger partial charge in [-0.15, -0.1) is 0 Å². The van der Waals surface area contributed by atoms with Crippen LogP contribution < -0.4 is 15.9 Å². The first-order valence-electron chi connectivity index (χ1n) is 4.91. The van der Waals surface area contributed by atoms with Crippen LogP contribution in [-0.2, 0) is 20.9 Å². The summed E-state index contributed by atoms with van der Waals surface area (Å²) in [6.45, 7) is -2.56. The molecule has 0 unspecified atom stereocenters. The van der Waals surface area contributed by atoms with E-state index in [1.165, 1.54) is 14.2 Å². The Morgan fingerprint density at radius 3 is 2.37 bits per heavy atom. The maximum Gasteiger partial charge on any atom is 0.278 e. The molecule has 1 aromatic rings. The van der Waals surface area contributed by atoms with Crippen molar-refractivity contribution in [2.45, 2.75) is 0 Å². The molecule has 0 aliphatic carbocycles. The van der Waals surface area contributed by atoms with Gasteiger partial charge in [0.1, 0.15) is 0 Å². The summed E-state index contributed by atoms with van der Waals surface area (Å²) in [4.78, 5) is 0. The summed E-state index contributed by atoms with van der Waals surface area (Å²) < 4.78 is 10.1. The van der Waals surface area contributed by atoms with Gasteiger partial charge in [0.25, 0.3) is 6.64 Å². The van der Waals surface area contributed by atoms with E-state index in [0.29, 0.717) is 20.8 Å². The van der Waals surface area contributed by atoms with Crippen molar-refractivity contribution in [3.8, 4) is 0 Å². The smallest absolute Gasteiger partial charge is 0.278 e. The van der Waals surface area contributed by atoms with Gasteiger partial charge in [-0.25, -0.2) is 0 Å². The monoisotopic (exact) mass is 359 g/mol. The summed E-state index contributed by atoms with van der Waals surface area (Å²) in [5, 5.41) is 6.81. The zero-order valence-electron chi connectivity index (χ0n) is 10.1. The number of hydrogen-bond acceptors (Lipinski definition) is 4. The Morgan fingerprint density at radius 2 is 1.84 bits per heavy atom. The van der Waals surface area contributed by atoms with E-state index in [4.69, 9.17) is 56.3 Å². The average Bonchev–Trinajstić information content (AvgIpc) is 2.40. The second-order valence-corrected chi connectivity index (χ2v) is 7.80. The molecule has 0 aliphatic heterocycles. The maximum absolute atomic E-state index is 5.89. The average molecular weight is 360 g/mol. The Bertz CT molecular complexity index is 510. The van der Waals surface area contributed by atoms with Crippen LogP contribution in [-0.4, -0.2) is 19.3 Å². The predicted molar refractivity (Wildman–Crippen MR) is 87.3 cm³/mol. The Balaban J connectivity index is 2.56. The van der Waals surface area contributed by atoms with Crippen molar-refractivity contribution >= 4 is 64.7 Å². The van der Waals surface area contributed by atoms with Crippen LogP contribution in [0.3, 0.4) is 0 Å². The quantitative estimate of drug-likeness (QED) is 0.423. The molecule has 5 nitrogen and oxygen atoms in total. The van der Waals surface area contributed by atoms with Crippen LogP contribution in [0.2, 0.25) is 10.0 Å². The zero-order valence-corrected chi connectivity index (χ0v) is 14.1. The molecular weight excluding hydrogens is 348 g/mol. The van der Waals surface area contributed by atoms with Gasteiger partial charge < -0.3 is 14.4 Å². The Morgan fingerprint density at radius 1 is 1.21 bits per heavy atom. The third-order valence-electron chi connectivity index (χ3n) is 1.96. The molecule has 0 fully saturated rings. The van der Waals surface area contributed by atoms with Crippen molar-refractivity contribution < 1.29 is 9.05 Å². The molecule has 0 radical (unpaired) electrons. The number of rotatable bonds is 5. The van der Waals surface area contributed by atoms with E-state index in [1.54, 1.807) is 18.2 Å². The summed E-state index contributed by atoms with van der Waals surface area (Å²) in [6.07, 6.45) is 0. The molecule has 1 aromatic carbocycles. The SMILES string of the molecule is COP(=S)(NNC(=S)Nc1ccc(Cl)c(Cl)c1)OC. The highest BCUT2D eigenvalue weighted by molar-refractivity contribution is 8.08. The first-order chi connectivity index (χ1) is 8.90. The van der Waals surface area contributed by atoms with Crippen molar-refractivity contribution in [1.82, 2.24) is 10.6 Å². The zero-order chi connectivity index (χ0) is 14.5. The van der Waals surface area contributed by atoms with E-state index in [1.807, 2.05) is 0 Å². The first kappa shape index (κ1) is 17.1. The highest BCUT2D eigenvalue weighted by atomic mass is 35.5. The molecule has 0 aliphatic rings. The van der Waals surface area contributed by atoms with E-state index in [0.717, 1.165) is 0 Å². The highest BCUT2D eigenvalue weighted by Crippen LogP contribution is 2.40. The van der Waals surface area contributed by atoms with Crippen LogP contribution in [0.1, 0.15) is 0 Å². The third-order valence-corrected chi connectivity index (χ3v) is 5.42. The van der Waals surface area contributed by atoms with Crippen LogP contribution in [0.15, 0.2) is 18.2 Å². The molecule has 1 rings (SSSR count). The normalized spacial score (nSPS) is 11.2. The van der Waals surface area contributed by atoms with E-state index in [9.17, 15) is 0 Å². The fraction of sp³-hybridized carbons (Fsp3) is 0.222. The van der Waals surface area contributed by atoms with Crippen LogP contribution in [0, 0.1) is 0 Å². The summed E-state index contributed by atoms with van der Waals surface area (Å²) in [7, 11) is 2.91. The molecule has 10 heteroatoms. The lowest BCUT2D eigenvalue weighted by molar-refractivity contribution is 0.324. The van der Waals surface area contributed by atoms with Crippen molar-refractivity contribution in [3.05, 3.63) is 28.2 Å². The van der Waals surface area contributed by atoms with Crippen molar-refractivity contribution in [2.24, 2.45) is 0 Å². The molecular formula is C9H12Cl2N3O2PS2. The second-order valence-electron chi connectivity index (χ2n) is 3.18. The third kappa shape index (κ3) is 5.49. The van der Waals surface area contributed by atoms with Crippen LogP contribution in [0.4, 0.5) is 5.69 Å². The van der Waals surface area contributed by atoms with Gasteiger partial charge in [-0.1, -0.05) is 23.2 Å². The van der Waals surface area contributed by atoms with Gasteiger partial charge in [0.15, 0.2) is 5.11 Å². The molecule has 106 valence electrons. The molecule has 19 heavy (non-hydrogen) atoms. The van der Waals surface area contributed by atoms with Crippen LogP contribution >= 0.6 is 42.1 Å². The molecule has 3 N–H and O–H groups in total. The number of hydrogen-bond donors (Lipinski definition) is 3. The van der Waals surface area contributed by atoms with Gasteiger partial charge in [0, 0.05) is 19.9 Å². The van der Waals surface area contributed by atoms with E-state index < -0.39 is 6.64 Å². The number of thiocarbonyl (C=S) groups is 1. The van der Waals surface area contributed by atoms with Crippen LogP contribution in [0.5, 0.6) is 0 Å². The number of anilines is 1. The molecule has 0 bridgehead atoms. The van der Waals surface area contributed by atoms with Gasteiger partial charge >= 0.3 is 0 Å². The fourth-order valence-corrected chi connectivity index (χ4v) is 2.28. The second kappa shape index (κ2) is 7.71. The van der Waals surface area contributed by atoms with Crippen molar-refractivity contribution in [3.63, 3.8) is 0 Å². The number of halogens is 2. The molecule has 0 amide bonds. The van der Waals surface area contributed by atoms with Gasteiger partial charge in [-0.2, -0.15) is 5.20 Å². The van der Waals surface area contributed by atoms with Gasteiger partial charge in [0.2, 0.25) is 0 Å². The maximum atomic E-state index is 5.89. The summed E-state index contributed by atoms with van der Waals surface area (Å²) in [6, 6.07) is 5.06. The fourth-order valence-electron chi connectivity index (χ4n) is 1.02. The summed E-state index contributed by atoms with van der Waals surface area (Å²) in [5.74, 6) is 0. The largest absolute Gasteiger partial charge is 0.332 e. The minimum atomic E-state index is -2.56. The van der Waals surface area contributed by atoms with E-state index in [-0.39, 0.29) is 0 Å². The van der Waals surface area contributed by atoms with Crippen molar-refractivity contribution in [1.29, 1.82) is 0 Å². The predicted octanol–water partition coefficient (Wildman–Crippen LogP) is 3.30. The molecule has 0 heterocycles. The molecule has 0 atom stereocenters. The lowest BCUT2D eigenvalue weighted by atomic mass is 10.3. The molecule has 0 spiro atoms. The molecule has 0 saturated heterocycles.